The Labute approximate surface area is 138 Å². The van der Waals surface area contributed by atoms with E-state index in [1.54, 1.807) is 18.2 Å². The van der Waals surface area contributed by atoms with Gasteiger partial charge in [-0.05, 0) is 36.2 Å². The lowest BCUT2D eigenvalue weighted by Crippen LogP contribution is -2.36. The molecule has 114 valence electrons. The van der Waals surface area contributed by atoms with Crippen molar-refractivity contribution in [2.24, 2.45) is 0 Å². The second-order valence-electron chi connectivity index (χ2n) is 4.90. The average Bonchev–Trinajstić information content (AvgIpc) is 2.52. The molecular formula is C17H17BrN2O2. The standard InChI is InChI=1S/C17H17BrN2O2/c1-12-5-2-3-6-14(12)10-19-16(21)11-20-17(22)13-7-4-8-15(18)9-13/h2-9H,10-11H2,1H3,(H,19,21)(H,20,22). The third-order valence-corrected chi connectivity index (χ3v) is 3.73. The minimum Gasteiger partial charge on any atom is -0.350 e. The second-order valence-corrected chi connectivity index (χ2v) is 5.81. The van der Waals surface area contributed by atoms with E-state index in [9.17, 15) is 9.59 Å². The third kappa shape index (κ3) is 4.70. The maximum absolute atomic E-state index is 11.9. The quantitative estimate of drug-likeness (QED) is 0.861. The molecule has 2 aromatic rings. The Morgan fingerprint density at radius 2 is 1.82 bits per heavy atom. The van der Waals surface area contributed by atoms with Crippen molar-refractivity contribution in [1.29, 1.82) is 0 Å². The molecule has 0 aliphatic heterocycles. The summed E-state index contributed by atoms with van der Waals surface area (Å²) in [7, 11) is 0. The molecule has 4 nitrogen and oxygen atoms in total. The number of hydrogen-bond acceptors (Lipinski definition) is 2. The summed E-state index contributed by atoms with van der Waals surface area (Å²) in [6.45, 7) is 2.41. The zero-order chi connectivity index (χ0) is 15.9. The fraction of sp³-hybridized carbons (Fsp3) is 0.176. The summed E-state index contributed by atoms with van der Waals surface area (Å²) in [6.07, 6.45) is 0. The first kappa shape index (κ1) is 16.2. The molecular weight excluding hydrogens is 344 g/mol. The van der Waals surface area contributed by atoms with Crippen LogP contribution in [-0.2, 0) is 11.3 Å². The van der Waals surface area contributed by atoms with E-state index in [0.29, 0.717) is 12.1 Å². The molecule has 0 fully saturated rings. The van der Waals surface area contributed by atoms with Gasteiger partial charge in [-0.3, -0.25) is 9.59 Å². The SMILES string of the molecule is Cc1ccccc1CNC(=O)CNC(=O)c1cccc(Br)c1. The van der Waals surface area contributed by atoms with Crippen molar-refractivity contribution in [2.75, 3.05) is 6.54 Å². The Morgan fingerprint density at radius 3 is 2.55 bits per heavy atom. The molecule has 2 aromatic carbocycles. The van der Waals surface area contributed by atoms with Crippen LogP contribution in [0.2, 0.25) is 0 Å². The molecule has 0 saturated heterocycles. The Hall–Kier alpha value is -2.14. The zero-order valence-corrected chi connectivity index (χ0v) is 13.8. The van der Waals surface area contributed by atoms with Gasteiger partial charge >= 0.3 is 0 Å². The molecule has 0 aromatic heterocycles. The molecule has 0 spiro atoms. The van der Waals surface area contributed by atoms with Crippen LogP contribution in [0.4, 0.5) is 0 Å². The van der Waals surface area contributed by atoms with E-state index in [4.69, 9.17) is 0 Å². The summed E-state index contributed by atoms with van der Waals surface area (Å²) in [5.41, 5.74) is 2.70. The largest absolute Gasteiger partial charge is 0.350 e. The molecule has 5 heteroatoms. The van der Waals surface area contributed by atoms with Crippen molar-refractivity contribution in [1.82, 2.24) is 10.6 Å². The van der Waals surface area contributed by atoms with Crippen LogP contribution in [0.1, 0.15) is 21.5 Å². The molecule has 0 saturated carbocycles. The summed E-state index contributed by atoms with van der Waals surface area (Å²) < 4.78 is 0.823. The van der Waals surface area contributed by atoms with Gasteiger partial charge in [-0.15, -0.1) is 0 Å². The third-order valence-electron chi connectivity index (χ3n) is 3.23. The van der Waals surface area contributed by atoms with Crippen molar-refractivity contribution in [3.63, 3.8) is 0 Å². The lowest BCUT2D eigenvalue weighted by molar-refractivity contribution is -0.120. The highest BCUT2D eigenvalue weighted by Gasteiger charge is 2.08. The van der Waals surface area contributed by atoms with E-state index in [0.717, 1.165) is 15.6 Å². The van der Waals surface area contributed by atoms with Gasteiger partial charge in [-0.2, -0.15) is 0 Å². The topological polar surface area (TPSA) is 58.2 Å². The summed E-state index contributed by atoms with van der Waals surface area (Å²) in [5, 5.41) is 5.40. The van der Waals surface area contributed by atoms with Gasteiger partial charge in [0.25, 0.3) is 5.91 Å². The predicted molar refractivity (Wildman–Crippen MR) is 89.5 cm³/mol. The predicted octanol–water partition coefficient (Wildman–Crippen LogP) is 2.80. The van der Waals surface area contributed by atoms with Crippen LogP contribution in [-0.4, -0.2) is 18.4 Å². The molecule has 2 N–H and O–H groups in total. The van der Waals surface area contributed by atoms with Crippen LogP contribution in [0.15, 0.2) is 53.0 Å². The monoisotopic (exact) mass is 360 g/mol. The Kier molecular flexibility index (Phi) is 5.72. The normalized spacial score (nSPS) is 10.1. The molecule has 2 rings (SSSR count). The smallest absolute Gasteiger partial charge is 0.251 e. The number of nitrogens with one attached hydrogen (secondary N) is 2. The Balaban J connectivity index is 1.81. The molecule has 0 aliphatic carbocycles. The number of halogens is 1. The van der Waals surface area contributed by atoms with E-state index in [1.165, 1.54) is 0 Å². The van der Waals surface area contributed by atoms with Crippen LogP contribution in [0.3, 0.4) is 0 Å². The number of amides is 2. The highest BCUT2D eigenvalue weighted by molar-refractivity contribution is 9.10. The summed E-state index contributed by atoms with van der Waals surface area (Å²) >= 11 is 3.31. The highest BCUT2D eigenvalue weighted by Crippen LogP contribution is 2.11. The minimum atomic E-state index is -0.271. The lowest BCUT2D eigenvalue weighted by atomic mass is 10.1. The lowest BCUT2D eigenvalue weighted by Gasteiger charge is -2.09. The zero-order valence-electron chi connectivity index (χ0n) is 12.2. The number of hydrogen-bond donors (Lipinski definition) is 2. The van der Waals surface area contributed by atoms with Crippen LogP contribution in [0.25, 0.3) is 0 Å². The molecule has 22 heavy (non-hydrogen) atoms. The average molecular weight is 361 g/mol. The fourth-order valence-electron chi connectivity index (χ4n) is 1.96. The highest BCUT2D eigenvalue weighted by atomic mass is 79.9. The first-order valence-electron chi connectivity index (χ1n) is 6.91. The maximum atomic E-state index is 11.9. The van der Waals surface area contributed by atoms with Gasteiger partial charge in [0.2, 0.25) is 5.91 Å². The van der Waals surface area contributed by atoms with E-state index < -0.39 is 0 Å². The molecule has 0 atom stereocenters. The van der Waals surface area contributed by atoms with E-state index in [2.05, 4.69) is 26.6 Å². The van der Waals surface area contributed by atoms with E-state index in [1.807, 2.05) is 37.3 Å². The summed E-state index contributed by atoms with van der Waals surface area (Å²) in [4.78, 5) is 23.7. The molecule has 0 radical (unpaired) electrons. The van der Waals surface area contributed by atoms with Crippen molar-refractivity contribution < 1.29 is 9.59 Å². The van der Waals surface area contributed by atoms with Gasteiger partial charge in [0.05, 0.1) is 6.54 Å². The number of carbonyl (C=O) groups excluding carboxylic acids is 2. The van der Waals surface area contributed by atoms with Crippen molar-refractivity contribution in [2.45, 2.75) is 13.5 Å². The maximum Gasteiger partial charge on any atom is 0.251 e. The molecule has 2 amide bonds. The fourth-order valence-corrected chi connectivity index (χ4v) is 2.36. The first-order valence-corrected chi connectivity index (χ1v) is 7.70. The minimum absolute atomic E-state index is 0.0444. The van der Waals surface area contributed by atoms with Crippen molar-refractivity contribution >= 4 is 27.7 Å². The van der Waals surface area contributed by atoms with Crippen molar-refractivity contribution in [3.05, 3.63) is 69.7 Å². The van der Waals surface area contributed by atoms with E-state index in [-0.39, 0.29) is 18.4 Å². The number of carbonyl (C=O) groups is 2. The van der Waals surface area contributed by atoms with Gasteiger partial charge in [0.1, 0.15) is 0 Å². The van der Waals surface area contributed by atoms with Gasteiger partial charge in [0.15, 0.2) is 0 Å². The number of aryl methyl sites for hydroxylation is 1. The molecule has 0 heterocycles. The molecule has 0 unspecified atom stereocenters. The van der Waals surface area contributed by atoms with Gasteiger partial charge < -0.3 is 10.6 Å². The second kappa shape index (κ2) is 7.75. The van der Waals surface area contributed by atoms with Crippen LogP contribution in [0, 0.1) is 6.92 Å². The summed E-state index contributed by atoms with van der Waals surface area (Å²) in [5.74, 6) is -0.487. The first-order chi connectivity index (χ1) is 10.6. The van der Waals surface area contributed by atoms with Crippen molar-refractivity contribution in [3.8, 4) is 0 Å². The van der Waals surface area contributed by atoms with Crippen LogP contribution >= 0.6 is 15.9 Å². The van der Waals surface area contributed by atoms with Gasteiger partial charge in [-0.1, -0.05) is 46.3 Å². The van der Waals surface area contributed by atoms with Gasteiger partial charge in [0, 0.05) is 16.6 Å². The van der Waals surface area contributed by atoms with Crippen LogP contribution < -0.4 is 10.6 Å². The molecule has 0 aliphatic rings. The Morgan fingerprint density at radius 1 is 1.05 bits per heavy atom. The number of benzene rings is 2. The van der Waals surface area contributed by atoms with Gasteiger partial charge in [-0.25, -0.2) is 0 Å². The Bertz CT molecular complexity index is 686. The van der Waals surface area contributed by atoms with Crippen LogP contribution in [0.5, 0.6) is 0 Å². The summed E-state index contributed by atoms with van der Waals surface area (Å²) in [6, 6.07) is 14.9. The van der Waals surface area contributed by atoms with E-state index >= 15 is 0 Å². The number of rotatable bonds is 5. The molecule has 0 bridgehead atoms.